The minimum Gasteiger partial charge on any atom is -0.507 e. The van der Waals surface area contributed by atoms with Crippen LogP contribution in [0.15, 0.2) is 62.5 Å². The highest BCUT2D eigenvalue weighted by molar-refractivity contribution is 7.86. The van der Waals surface area contributed by atoms with E-state index in [1.807, 2.05) is 0 Å². The summed E-state index contributed by atoms with van der Waals surface area (Å²) >= 11 is 0. The van der Waals surface area contributed by atoms with E-state index in [2.05, 4.69) is 10.2 Å². The molecule has 31 heavy (non-hydrogen) atoms. The Bertz CT molecular complexity index is 1480. The number of non-ortho nitro benzene ring substituents is 1. The maximum absolute atomic E-state index is 11.8. The summed E-state index contributed by atoms with van der Waals surface area (Å²) in [5.74, 6) is -1.80. The molecule has 3 aromatic rings. The van der Waals surface area contributed by atoms with Crippen molar-refractivity contribution in [3.05, 3.63) is 52.6 Å². The molecule has 3 rings (SSSR count). The molecule has 0 heterocycles. The fourth-order valence-electron chi connectivity index (χ4n) is 2.63. The summed E-state index contributed by atoms with van der Waals surface area (Å²) in [6.07, 6.45) is 0. The first-order valence-corrected chi connectivity index (χ1v) is 10.8. The highest BCUT2D eigenvalue weighted by atomic mass is 32.2. The maximum atomic E-state index is 11.8. The van der Waals surface area contributed by atoms with Gasteiger partial charge in [-0.3, -0.25) is 19.2 Å². The van der Waals surface area contributed by atoms with E-state index in [0.29, 0.717) is 12.1 Å². The van der Waals surface area contributed by atoms with E-state index in [9.17, 15) is 41.7 Å². The van der Waals surface area contributed by atoms with Crippen LogP contribution in [0.4, 0.5) is 17.1 Å². The highest BCUT2D eigenvalue weighted by Gasteiger charge is 2.25. The monoisotopic (exact) mass is 475 g/mol. The molecule has 3 aromatic carbocycles. The number of phenols is 2. The van der Waals surface area contributed by atoms with E-state index in [-0.39, 0.29) is 21.0 Å². The molecule has 0 saturated carbocycles. The summed E-state index contributed by atoms with van der Waals surface area (Å²) in [6, 6.07) is 6.65. The molecular weight excluding hydrogens is 458 g/mol. The Morgan fingerprint density at radius 2 is 1.52 bits per heavy atom. The van der Waals surface area contributed by atoms with E-state index in [1.165, 1.54) is 12.1 Å². The van der Waals surface area contributed by atoms with Crippen molar-refractivity contribution in [1.29, 1.82) is 0 Å². The van der Waals surface area contributed by atoms with Gasteiger partial charge < -0.3 is 10.2 Å². The molecule has 0 bridgehead atoms. The van der Waals surface area contributed by atoms with Crippen LogP contribution in [0.25, 0.3) is 10.8 Å². The van der Waals surface area contributed by atoms with Gasteiger partial charge >= 0.3 is 0 Å². The van der Waals surface area contributed by atoms with Crippen LogP contribution in [-0.2, 0) is 20.2 Å². The second kappa shape index (κ2) is 7.55. The van der Waals surface area contributed by atoms with Gasteiger partial charge in [0.1, 0.15) is 16.3 Å². The molecule has 0 amide bonds. The maximum Gasteiger partial charge on any atom is 0.296 e. The first-order valence-electron chi connectivity index (χ1n) is 7.93. The topological polar surface area (TPSA) is 217 Å². The van der Waals surface area contributed by atoms with Crippen LogP contribution in [-0.4, -0.2) is 41.1 Å². The molecule has 0 spiro atoms. The van der Waals surface area contributed by atoms with Gasteiger partial charge in [0, 0.05) is 22.5 Å². The van der Waals surface area contributed by atoms with Crippen LogP contribution in [0.1, 0.15) is 4.28 Å². The molecule has 0 radical (unpaired) electrons. The Morgan fingerprint density at radius 1 is 0.903 bits per heavy atom. The summed E-state index contributed by atoms with van der Waals surface area (Å²) in [6.45, 7) is 0. The Hall–Kier alpha value is -3.66. The van der Waals surface area contributed by atoms with Gasteiger partial charge in [-0.25, -0.2) is 0 Å². The molecular formula is C16H17N3O10S2. The second-order valence-electron chi connectivity index (χ2n) is 6.04. The molecule has 0 unspecified atom stereocenters. The van der Waals surface area contributed by atoms with Gasteiger partial charge in [0.25, 0.3) is 25.9 Å². The van der Waals surface area contributed by atoms with Crippen molar-refractivity contribution in [2.75, 3.05) is 0 Å². The van der Waals surface area contributed by atoms with Gasteiger partial charge in [-0.2, -0.15) is 21.9 Å². The van der Waals surface area contributed by atoms with Crippen molar-refractivity contribution in [1.82, 2.24) is 0 Å². The van der Waals surface area contributed by atoms with Crippen molar-refractivity contribution in [3.63, 3.8) is 0 Å². The van der Waals surface area contributed by atoms with Gasteiger partial charge in [0.2, 0.25) is 0 Å². The summed E-state index contributed by atoms with van der Waals surface area (Å²) in [5, 5.41) is 37.7. The number of phenolic OH excluding ortho intramolecular Hbond substituents is 2. The van der Waals surface area contributed by atoms with Crippen LogP contribution in [0.3, 0.4) is 0 Å². The summed E-state index contributed by atoms with van der Waals surface area (Å²) in [5.41, 5.74) is -1.01. The molecule has 0 aliphatic heterocycles. The first-order chi connectivity index (χ1) is 14.3. The largest absolute Gasteiger partial charge is 0.507 e. The predicted molar refractivity (Wildman–Crippen MR) is 111 cm³/mol. The fraction of sp³-hybridized carbons (Fsp3) is 0. The third-order valence-corrected chi connectivity index (χ3v) is 5.70. The normalized spacial score (nSPS) is 12.5. The Labute approximate surface area is 178 Å². The Morgan fingerprint density at radius 3 is 2.03 bits per heavy atom. The van der Waals surface area contributed by atoms with Crippen LogP contribution in [0, 0.1) is 10.1 Å². The number of rotatable bonds is 5. The van der Waals surface area contributed by atoms with Crippen LogP contribution in [0.5, 0.6) is 11.5 Å². The number of azo groups is 1. The number of benzene rings is 3. The lowest BCUT2D eigenvalue weighted by molar-refractivity contribution is -0.384. The molecule has 15 heteroatoms. The molecule has 0 aliphatic rings. The average Bonchev–Trinajstić information content (AvgIpc) is 2.65. The van der Waals surface area contributed by atoms with Crippen LogP contribution in [0.2, 0.25) is 0 Å². The quantitative estimate of drug-likeness (QED) is 0.181. The van der Waals surface area contributed by atoms with Gasteiger partial charge in [0.15, 0.2) is 5.75 Å². The lowest BCUT2D eigenvalue weighted by Gasteiger charge is -2.11. The van der Waals surface area contributed by atoms with Gasteiger partial charge in [-0.15, -0.1) is 5.11 Å². The SMILES string of the molecule is O=[N+]([O-])c1ccc(N=Nc2c(S(=O)(=O)O)cc3cc(S(=O)(=O)O)cc(O)c3c2O)cc1.[HH].[HH].[HH]. The lowest BCUT2D eigenvalue weighted by Crippen LogP contribution is -2.01. The first kappa shape index (κ1) is 22.0. The number of nitro groups is 1. The molecule has 0 aromatic heterocycles. The number of nitro benzene ring substituents is 1. The molecule has 168 valence electrons. The van der Waals surface area contributed by atoms with Crippen molar-refractivity contribution in [2.45, 2.75) is 9.79 Å². The molecule has 0 saturated heterocycles. The Kier molecular flexibility index (Phi) is 5.36. The van der Waals surface area contributed by atoms with Crippen molar-refractivity contribution in [3.8, 4) is 11.5 Å². The van der Waals surface area contributed by atoms with Crippen molar-refractivity contribution < 1.29 is 45.4 Å². The lowest BCUT2D eigenvalue weighted by atomic mass is 10.1. The molecule has 0 atom stereocenters. The Balaban J connectivity index is 0.00000363. The van der Waals surface area contributed by atoms with E-state index in [1.54, 1.807) is 0 Å². The zero-order valence-electron chi connectivity index (χ0n) is 14.9. The summed E-state index contributed by atoms with van der Waals surface area (Å²) in [7, 11) is -9.82. The number of hydrogen-bond acceptors (Lipinski definition) is 10. The van der Waals surface area contributed by atoms with Gasteiger partial charge in [-0.1, -0.05) is 0 Å². The molecule has 13 nitrogen and oxygen atoms in total. The second-order valence-corrected chi connectivity index (χ2v) is 8.85. The summed E-state index contributed by atoms with van der Waals surface area (Å²) in [4.78, 5) is 8.25. The smallest absolute Gasteiger partial charge is 0.296 e. The molecule has 0 fully saturated rings. The highest BCUT2D eigenvalue weighted by Crippen LogP contribution is 2.45. The number of aromatic hydroxyl groups is 2. The summed E-state index contributed by atoms with van der Waals surface area (Å²) < 4.78 is 64.9. The number of nitrogens with zero attached hydrogens (tertiary/aromatic N) is 3. The predicted octanol–water partition coefficient (Wildman–Crippen LogP) is 3.81. The third-order valence-electron chi connectivity index (χ3n) is 4.00. The van der Waals surface area contributed by atoms with Crippen LogP contribution < -0.4 is 0 Å². The van der Waals surface area contributed by atoms with E-state index < -0.39 is 57.5 Å². The van der Waals surface area contributed by atoms with E-state index >= 15 is 0 Å². The van der Waals surface area contributed by atoms with E-state index in [4.69, 9.17) is 4.55 Å². The minimum atomic E-state index is -5.03. The zero-order valence-corrected chi connectivity index (χ0v) is 16.6. The fourth-order valence-corrected chi connectivity index (χ4v) is 3.82. The van der Waals surface area contributed by atoms with Crippen LogP contribution >= 0.6 is 0 Å². The standard InChI is InChI=1S/C16H11N3O10S2.3H2/c20-12-7-11(30(24,25)26)5-8-6-13(31(27,28)29)15(16(21)14(8)12)18-17-9-1-3-10(4-2-9)19(22)23;;;/h1-7,20-21H,(H,24,25,26)(H,27,28,29);3*1H. The minimum absolute atomic E-state index is 0. The number of hydrogen-bond donors (Lipinski definition) is 4. The van der Waals surface area contributed by atoms with E-state index in [0.717, 1.165) is 18.2 Å². The third kappa shape index (κ3) is 4.43. The number of fused-ring (bicyclic) bond motifs is 1. The molecule has 0 aliphatic carbocycles. The average molecular weight is 475 g/mol. The zero-order chi connectivity index (χ0) is 23.1. The molecule has 4 N–H and O–H groups in total. The van der Waals surface area contributed by atoms with Gasteiger partial charge in [0.05, 0.1) is 20.9 Å². The van der Waals surface area contributed by atoms with Gasteiger partial charge in [-0.05, 0) is 29.7 Å². The van der Waals surface area contributed by atoms with Crippen molar-refractivity contribution >= 4 is 48.1 Å². The van der Waals surface area contributed by atoms with Crippen molar-refractivity contribution in [2.24, 2.45) is 10.2 Å².